The number of benzene rings is 11. The Hall–Kier alpha value is -8.67. The van der Waals surface area contributed by atoms with Crippen LogP contribution < -0.4 is 0 Å². The number of furan rings is 1. The Bertz CT molecular complexity index is 4210. The van der Waals surface area contributed by atoms with Gasteiger partial charge in [0.2, 0.25) is 0 Å². The zero-order valence-electron chi connectivity index (χ0n) is 34.3. The van der Waals surface area contributed by atoms with Crippen LogP contribution in [0.25, 0.3) is 138 Å². The van der Waals surface area contributed by atoms with E-state index in [1.54, 1.807) is 0 Å². The van der Waals surface area contributed by atoms with Crippen LogP contribution in [0.3, 0.4) is 0 Å². The van der Waals surface area contributed by atoms with E-state index in [-0.39, 0.29) is 0 Å². The minimum atomic E-state index is 0.624. The third-order valence-corrected chi connectivity index (χ3v) is 13.1. The second-order valence-corrected chi connectivity index (χ2v) is 16.8. The summed E-state index contributed by atoms with van der Waals surface area (Å²) in [5, 5.41) is 14.2. The van der Waals surface area contributed by atoms with Crippen molar-refractivity contribution < 1.29 is 4.42 Å². The molecule has 296 valence electrons. The van der Waals surface area contributed by atoms with Gasteiger partial charge in [-0.3, -0.25) is 0 Å². The van der Waals surface area contributed by atoms with Crippen molar-refractivity contribution in [3.05, 3.63) is 206 Å². The molecular formula is C59H34N4O. The molecule has 0 aliphatic rings. The summed E-state index contributed by atoms with van der Waals surface area (Å²) in [5.41, 5.74) is 10.2. The minimum absolute atomic E-state index is 0.624. The molecule has 0 unspecified atom stereocenters. The van der Waals surface area contributed by atoms with Crippen LogP contribution in [0.4, 0.5) is 0 Å². The highest BCUT2D eigenvalue weighted by molar-refractivity contribution is 6.33. The van der Waals surface area contributed by atoms with Gasteiger partial charge in [0.25, 0.3) is 0 Å². The van der Waals surface area contributed by atoms with Gasteiger partial charge in [-0.15, -0.1) is 0 Å². The maximum atomic E-state index is 6.65. The number of fused-ring (bicyclic) bond motifs is 8. The number of hydrogen-bond acceptors (Lipinski definition) is 4. The van der Waals surface area contributed by atoms with E-state index < -0.39 is 0 Å². The van der Waals surface area contributed by atoms with Crippen LogP contribution in [0.2, 0.25) is 0 Å². The molecule has 0 aliphatic heterocycles. The molecule has 0 aliphatic carbocycles. The molecule has 5 heteroatoms. The Morgan fingerprint density at radius 3 is 1.78 bits per heavy atom. The van der Waals surface area contributed by atoms with Gasteiger partial charge in [0.15, 0.2) is 17.5 Å². The standard InChI is InChI=1S/C59H34N4O/c1-2-14-37-30-41(27-26-35(37)12-1)58-60-57(61-59(62-58)48-23-10-15-36-13-3-4-18-43(36)48)40-17-9-16-38(31-40)39-28-29-52-49(32-39)46-21-7-8-24-51(46)63(52)42-33-50-45-20-6-5-19-44(45)47-22-11-25-53-55(47)56(50)54(34-42)64-53/h1-34H. The second kappa shape index (κ2) is 13.4. The van der Waals surface area contributed by atoms with Gasteiger partial charge in [-0.2, -0.15) is 0 Å². The normalized spacial score (nSPS) is 12.1. The van der Waals surface area contributed by atoms with E-state index >= 15 is 0 Å². The van der Waals surface area contributed by atoms with Crippen molar-refractivity contribution in [2.24, 2.45) is 0 Å². The summed E-state index contributed by atoms with van der Waals surface area (Å²) < 4.78 is 9.04. The van der Waals surface area contributed by atoms with E-state index in [0.717, 1.165) is 71.9 Å². The molecule has 0 bridgehead atoms. The van der Waals surface area contributed by atoms with Gasteiger partial charge in [-0.25, -0.2) is 15.0 Å². The molecule has 14 aromatic rings. The van der Waals surface area contributed by atoms with E-state index in [4.69, 9.17) is 19.4 Å². The van der Waals surface area contributed by atoms with E-state index in [1.165, 1.54) is 48.5 Å². The highest BCUT2D eigenvalue weighted by atomic mass is 16.3. The molecule has 14 rings (SSSR count). The molecule has 3 aromatic heterocycles. The summed E-state index contributed by atoms with van der Waals surface area (Å²) in [6.45, 7) is 0. The zero-order valence-corrected chi connectivity index (χ0v) is 34.3. The average Bonchev–Trinajstić information content (AvgIpc) is 3.91. The monoisotopic (exact) mass is 814 g/mol. The van der Waals surface area contributed by atoms with Crippen molar-refractivity contribution in [1.82, 2.24) is 19.5 Å². The first-order valence-electron chi connectivity index (χ1n) is 21.7. The van der Waals surface area contributed by atoms with Crippen LogP contribution in [0.15, 0.2) is 211 Å². The predicted octanol–water partition coefficient (Wildman–Crippen LogP) is 15.6. The van der Waals surface area contributed by atoms with Crippen LogP contribution in [0.5, 0.6) is 0 Å². The summed E-state index contributed by atoms with van der Waals surface area (Å²) in [4.78, 5) is 15.5. The van der Waals surface area contributed by atoms with E-state index in [2.05, 4.69) is 211 Å². The van der Waals surface area contributed by atoms with Gasteiger partial charge >= 0.3 is 0 Å². The number of rotatable bonds is 5. The summed E-state index contributed by atoms with van der Waals surface area (Å²) in [5.74, 6) is 1.90. The fraction of sp³-hybridized carbons (Fsp3) is 0. The van der Waals surface area contributed by atoms with E-state index in [0.29, 0.717) is 17.5 Å². The molecule has 11 aromatic carbocycles. The summed E-state index contributed by atoms with van der Waals surface area (Å²) in [6, 6.07) is 73.3. The van der Waals surface area contributed by atoms with Crippen LogP contribution in [-0.2, 0) is 0 Å². The van der Waals surface area contributed by atoms with Gasteiger partial charge in [-0.05, 0) is 96.7 Å². The van der Waals surface area contributed by atoms with Crippen LogP contribution in [-0.4, -0.2) is 19.5 Å². The molecule has 0 N–H and O–H groups in total. The SMILES string of the molecule is c1cc(-c2ccc3c(c2)c2ccccc2n3-c2cc3oc4cccc5c6ccccc6c(c2)c3c45)cc(-c2nc(-c3ccc4ccccc4c3)nc(-c3cccc4ccccc34)n2)c1. The molecule has 3 heterocycles. The minimum Gasteiger partial charge on any atom is -0.456 e. The maximum absolute atomic E-state index is 6.65. The first-order valence-corrected chi connectivity index (χ1v) is 21.7. The zero-order chi connectivity index (χ0) is 41.9. The summed E-state index contributed by atoms with van der Waals surface area (Å²) in [6.07, 6.45) is 0. The van der Waals surface area contributed by atoms with Gasteiger partial charge in [-0.1, -0.05) is 158 Å². The number of aromatic nitrogens is 4. The molecule has 0 saturated carbocycles. The highest BCUT2D eigenvalue weighted by Crippen LogP contribution is 2.45. The number of nitrogens with zero attached hydrogens (tertiary/aromatic N) is 4. The number of para-hydroxylation sites is 1. The van der Waals surface area contributed by atoms with Crippen LogP contribution in [0.1, 0.15) is 0 Å². The lowest BCUT2D eigenvalue weighted by Crippen LogP contribution is -2.00. The third kappa shape index (κ3) is 5.22. The molecule has 0 atom stereocenters. The van der Waals surface area contributed by atoms with E-state index in [9.17, 15) is 0 Å². The van der Waals surface area contributed by atoms with Crippen molar-refractivity contribution in [2.75, 3.05) is 0 Å². The fourth-order valence-corrected chi connectivity index (χ4v) is 10.2. The number of hydrogen-bond donors (Lipinski definition) is 0. The second-order valence-electron chi connectivity index (χ2n) is 16.8. The molecular weight excluding hydrogens is 781 g/mol. The Morgan fingerprint density at radius 1 is 0.312 bits per heavy atom. The smallest absolute Gasteiger partial charge is 0.164 e. The molecule has 64 heavy (non-hydrogen) atoms. The quantitative estimate of drug-likeness (QED) is 0.162. The van der Waals surface area contributed by atoms with Gasteiger partial charge in [0.1, 0.15) is 11.2 Å². The van der Waals surface area contributed by atoms with Crippen LogP contribution >= 0.6 is 0 Å². The van der Waals surface area contributed by atoms with Gasteiger partial charge < -0.3 is 8.98 Å². The lowest BCUT2D eigenvalue weighted by Gasteiger charge is -2.12. The van der Waals surface area contributed by atoms with Crippen molar-refractivity contribution in [2.45, 2.75) is 0 Å². The topological polar surface area (TPSA) is 56.7 Å². The Labute approximate surface area is 366 Å². The molecule has 0 amide bonds. The lowest BCUT2D eigenvalue weighted by molar-refractivity contribution is 0.669. The maximum Gasteiger partial charge on any atom is 0.164 e. The summed E-state index contributed by atoms with van der Waals surface area (Å²) >= 11 is 0. The Kier molecular flexibility index (Phi) is 7.33. The van der Waals surface area contributed by atoms with Crippen molar-refractivity contribution >= 4 is 86.8 Å². The van der Waals surface area contributed by atoms with Crippen molar-refractivity contribution in [3.8, 4) is 51.0 Å². The molecule has 0 saturated heterocycles. The molecule has 0 radical (unpaired) electrons. The van der Waals surface area contributed by atoms with Crippen LogP contribution in [0, 0.1) is 0 Å². The van der Waals surface area contributed by atoms with Gasteiger partial charge in [0, 0.05) is 44.3 Å². The Balaban J connectivity index is 0.930. The van der Waals surface area contributed by atoms with E-state index in [1.807, 2.05) is 0 Å². The molecule has 0 fully saturated rings. The lowest BCUT2D eigenvalue weighted by atomic mass is 9.94. The first-order chi connectivity index (χ1) is 31.7. The first kappa shape index (κ1) is 35.0. The Morgan fingerprint density at radius 2 is 0.906 bits per heavy atom. The average molecular weight is 815 g/mol. The van der Waals surface area contributed by atoms with Crippen molar-refractivity contribution in [3.63, 3.8) is 0 Å². The van der Waals surface area contributed by atoms with Gasteiger partial charge in [0.05, 0.1) is 16.7 Å². The van der Waals surface area contributed by atoms with Crippen molar-refractivity contribution in [1.29, 1.82) is 0 Å². The molecule has 5 nitrogen and oxygen atoms in total. The molecule has 0 spiro atoms. The third-order valence-electron chi connectivity index (χ3n) is 13.1. The largest absolute Gasteiger partial charge is 0.456 e. The highest BCUT2D eigenvalue weighted by Gasteiger charge is 2.21. The summed E-state index contributed by atoms with van der Waals surface area (Å²) in [7, 11) is 0. The fourth-order valence-electron chi connectivity index (χ4n) is 10.2. The predicted molar refractivity (Wildman–Crippen MR) is 264 cm³/mol.